The van der Waals surface area contributed by atoms with Gasteiger partial charge in [0.2, 0.25) is 11.8 Å². The number of benzene rings is 2. The van der Waals surface area contributed by atoms with Crippen LogP contribution in [0.1, 0.15) is 30.5 Å². The van der Waals surface area contributed by atoms with E-state index in [2.05, 4.69) is 10.6 Å². The van der Waals surface area contributed by atoms with Gasteiger partial charge in [-0.15, -0.1) is 0 Å². The number of nitrogens with one attached hydrogen (secondary N) is 2. The predicted octanol–water partition coefficient (Wildman–Crippen LogP) is 2.63. The van der Waals surface area contributed by atoms with Crippen LogP contribution in [0.5, 0.6) is 11.5 Å². The number of hydrogen-bond acceptors (Lipinski definition) is 4. The first kappa shape index (κ1) is 20.3. The first-order valence-corrected chi connectivity index (χ1v) is 8.83. The summed E-state index contributed by atoms with van der Waals surface area (Å²) >= 11 is 0. The van der Waals surface area contributed by atoms with E-state index < -0.39 is 0 Å². The zero-order chi connectivity index (χ0) is 19.6. The minimum absolute atomic E-state index is 0.113. The van der Waals surface area contributed by atoms with E-state index in [0.29, 0.717) is 24.5 Å². The molecule has 0 aliphatic rings. The van der Waals surface area contributed by atoms with Gasteiger partial charge in [0.1, 0.15) is 0 Å². The van der Waals surface area contributed by atoms with Gasteiger partial charge >= 0.3 is 0 Å². The lowest BCUT2D eigenvalue weighted by Gasteiger charge is -2.18. The zero-order valence-electron chi connectivity index (χ0n) is 16.0. The molecule has 0 heterocycles. The standard InChI is InChI=1S/C21H26N2O4/c1-15(24)23-18(17-7-5-4-6-8-17)14-21(25)22-12-11-16-9-10-19(26-2)20(13-16)27-3/h4-10,13,18H,11-12,14H2,1-3H3,(H,22,25)(H,23,24)/t18-/m1/s1. The molecule has 0 aliphatic heterocycles. The summed E-state index contributed by atoms with van der Waals surface area (Å²) in [5.74, 6) is 1.06. The molecule has 27 heavy (non-hydrogen) atoms. The lowest BCUT2D eigenvalue weighted by molar-refractivity contribution is -0.122. The van der Waals surface area contributed by atoms with Crippen LogP contribution in [0.3, 0.4) is 0 Å². The zero-order valence-corrected chi connectivity index (χ0v) is 16.0. The third-order valence-electron chi connectivity index (χ3n) is 4.15. The second-order valence-corrected chi connectivity index (χ2v) is 6.16. The Hall–Kier alpha value is -3.02. The van der Waals surface area contributed by atoms with Crippen molar-refractivity contribution in [2.75, 3.05) is 20.8 Å². The van der Waals surface area contributed by atoms with Crippen molar-refractivity contribution in [2.45, 2.75) is 25.8 Å². The van der Waals surface area contributed by atoms with Gasteiger partial charge in [0, 0.05) is 13.5 Å². The molecule has 0 aromatic heterocycles. The average molecular weight is 370 g/mol. The van der Waals surface area contributed by atoms with Crippen LogP contribution < -0.4 is 20.1 Å². The first-order chi connectivity index (χ1) is 13.0. The van der Waals surface area contributed by atoms with Gasteiger partial charge in [0.15, 0.2) is 11.5 Å². The van der Waals surface area contributed by atoms with Gasteiger partial charge in [0.25, 0.3) is 0 Å². The second-order valence-electron chi connectivity index (χ2n) is 6.16. The number of carbonyl (C=O) groups is 2. The Labute approximate surface area is 159 Å². The van der Waals surface area contributed by atoms with Crippen LogP contribution in [0.2, 0.25) is 0 Å². The van der Waals surface area contributed by atoms with Crippen LogP contribution >= 0.6 is 0 Å². The molecule has 0 unspecified atom stereocenters. The molecule has 2 amide bonds. The van der Waals surface area contributed by atoms with E-state index in [0.717, 1.165) is 11.1 Å². The third-order valence-corrected chi connectivity index (χ3v) is 4.15. The number of hydrogen-bond donors (Lipinski definition) is 2. The Kier molecular flexibility index (Phi) is 7.67. The molecule has 0 radical (unpaired) electrons. The van der Waals surface area contributed by atoms with E-state index in [1.807, 2.05) is 48.5 Å². The molecule has 2 N–H and O–H groups in total. The molecule has 0 fully saturated rings. The number of ether oxygens (including phenoxy) is 2. The average Bonchev–Trinajstić information content (AvgIpc) is 2.67. The molecule has 0 saturated heterocycles. The van der Waals surface area contributed by atoms with Crippen LogP contribution in [0.4, 0.5) is 0 Å². The topological polar surface area (TPSA) is 76.7 Å². The van der Waals surface area contributed by atoms with Gasteiger partial charge in [-0.25, -0.2) is 0 Å². The van der Waals surface area contributed by atoms with Gasteiger partial charge in [-0.2, -0.15) is 0 Å². The van der Waals surface area contributed by atoms with Crippen LogP contribution in [0.25, 0.3) is 0 Å². The van der Waals surface area contributed by atoms with Crippen molar-refractivity contribution in [2.24, 2.45) is 0 Å². The molecular weight excluding hydrogens is 344 g/mol. The fourth-order valence-electron chi connectivity index (χ4n) is 2.82. The molecule has 6 nitrogen and oxygen atoms in total. The highest BCUT2D eigenvalue weighted by Crippen LogP contribution is 2.27. The van der Waals surface area contributed by atoms with Gasteiger partial charge < -0.3 is 20.1 Å². The maximum atomic E-state index is 12.3. The smallest absolute Gasteiger partial charge is 0.222 e. The van der Waals surface area contributed by atoms with E-state index in [9.17, 15) is 9.59 Å². The first-order valence-electron chi connectivity index (χ1n) is 8.83. The molecular formula is C21H26N2O4. The highest BCUT2D eigenvalue weighted by Gasteiger charge is 2.16. The van der Waals surface area contributed by atoms with Crippen LogP contribution in [0, 0.1) is 0 Å². The molecule has 0 saturated carbocycles. The summed E-state index contributed by atoms with van der Waals surface area (Å²) in [6, 6.07) is 14.8. The Morgan fingerprint density at radius 1 is 1.00 bits per heavy atom. The van der Waals surface area contributed by atoms with E-state index >= 15 is 0 Å². The van der Waals surface area contributed by atoms with Gasteiger partial charge in [0.05, 0.1) is 26.7 Å². The highest BCUT2D eigenvalue weighted by molar-refractivity contribution is 5.79. The van der Waals surface area contributed by atoms with Crippen molar-refractivity contribution in [3.63, 3.8) is 0 Å². The molecule has 0 spiro atoms. The molecule has 0 bridgehead atoms. The fraction of sp³-hybridized carbons (Fsp3) is 0.333. The normalized spacial score (nSPS) is 11.4. The van der Waals surface area contributed by atoms with Gasteiger partial charge in [-0.05, 0) is 29.7 Å². The van der Waals surface area contributed by atoms with Crippen LogP contribution in [0.15, 0.2) is 48.5 Å². The quantitative estimate of drug-likeness (QED) is 0.711. The molecule has 2 rings (SSSR count). The summed E-state index contributed by atoms with van der Waals surface area (Å²) in [5.41, 5.74) is 1.94. The molecule has 2 aromatic carbocycles. The summed E-state index contributed by atoms with van der Waals surface area (Å²) in [5, 5.41) is 5.74. The minimum Gasteiger partial charge on any atom is -0.493 e. The number of rotatable bonds is 9. The van der Waals surface area contributed by atoms with Crippen molar-refractivity contribution in [3.05, 3.63) is 59.7 Å². The highest BCUT2D eigenvalue weighted by atomic mass is 16.5. The summed E-state index contributed by atoms with van der Waals surface area (Å²) in [6.07, 6.45) is 0.859. The molecule has 6 heteroatoms. The summed E-state index contributed by atoms with van der Waals surface area (Å²) in [7, 11) is 3.19. The summed E-state index contributed by atoms with van der Waals surface area (Å²) < 4.78 is 10.5. The second kappa shape index (κ2) is 10.2. The van der Waals surface area contributed by atoms with Gasteiger partial charge in [-0.3, -0.25) is 9.59 Å². The Morgan fingerprint density at radius 2 is 1.70 bits per heavy atom. The van der Waals surface area contributed by atoms with Crippen molar-refractivity contribution in [1.82, 2.24) is 10.6 Å². The van der Waals surface area contributed by atoms with Crippen LogP contribution in [-0.2, 0) is 16.0 Å². The largest absolute Gasteiger partial charge is 0.493 e. The van der Waals surface area contributed by atoms with E-state index in [1.54, 1.807) is 14.2 Å². The lowest BCUT2D eigenvalue weighted by atomic mass is 10.0. The molecule has 0 aliphatic carbocycles. The Bertz CT molecular complexity index is 762. The molecule has 1 atom stereocenters. The maximum Gasteiger partial charge on any atom is 0.222 e. The van der Waals surface area contributed by atoms with Crippen molar-refractivity contribution in [1.29, 1.82) is 0 Å². The van der Waals surface area contributed by atoms with Crippen LogP contribution in [-0.4, -0.2) is 32.6 Å². The van der Waals surface area contributed by atoms with Crippen molar-refractivity contribution >= 4 is 11.8 Å². The minimum atomic E-state index is -0.343. The van der Waals surface area contributed by atoms with E-state index in [1.165, 1.54) is 6.92 Å². The van der Waals surface area contributed by atoms with Gasteiger partial charge in [-0.1, -0.05) is 36.4 Å². The number of amides is 2. The lowest BCUT2D eigenvalue weighted by Crippen LogP contribution is -2.33. The SMILES string of the molecule is COc1ccc(CCNC(=O)C[C@@H](NC(C)=O)c2ccccc2)cc1OC. The monoisotopic (exact) mass is 370 g/mol. The predicted molar refractivity (Wildman–Crippen MR) is 104 cm³/mol. The fourth-order valence-corrected chi connectivity index (χ4v) is 2.82. The molecule has 2 aromatic rings. The van der Waals surface area contributed by atoms with Crippen molar-refractivity contribution < 1.29 is 19.1 Å². The number of methoxy groups -OCH3 is 2. The molecule has 144 valence electrons. The number of carbonyl (C=O) groups excluding carboxylic acids is 2. The van der Waals surface area contributed by atoms with E-state index in [4.69, 9.17) is 9.47 Å². The Morgan fingerprint density at radius 3 is 2.33 bits per heavy atom. The van der Waals surface area contributed by atoms with Crippen molar-refractivity contribution in [3.8, 4) is 11.5 Å². The summed E-state index contributed by atoms with van der Waals surface area (Å²) in [6.45, 7) is 1.95. The summed E-state index contributed by atoms with van der Waals surface area (Å²) in [4.78, 5) is 23.8. The third kappa shape index (κ3) is 6.33. The Balaban J connectivity index is 1.90. The maximum absolute atomic E-state index is 12.3. The van der Waals surface area contributed by atoms with E-state index in [-0.39, 0.29) is 24.3 Å².